The van der Waals surface area contributed by atoms with Crippen LogP contribution in [-0.2, 0) is 16.8 Å². The number of halogens is 1. The Balaban J connectivity index is 0.00000245. The number of aryl methyl sites for hydroxylation is 1. The maximum atomic E-state index is 13.5. The largest absolute Gasteiger partial charge is 1.00 e. The van der Waals surface area contributed by atoms with Gasteiger partial charge < -0.3 is 31.9 Å². The minimum atomic E-state index is -1.60. The van der Waals surface area contributed by atoms with E-state index >= 15 is 0 Å². The van der Waals surface area contributed by atoms with E-state index in [0.717, 1.165) is 17.4 Å². The fourth-order valence-corrected chi connectivity index (χ4v) is 7.88. The number of aliphatic hydroxyl groups is 1. The monoisotopic (exact) mass is 552 g/mol. The first-order valence-electron chi connectivity index (χ1n) is 11.1. The third-order valence-electron chi connectivity index (χ3n) is 7.14. The third kappa shape index (κ3) is 4.63. The molecule has 3 aliphatic heterocycles. The average molecular weight is 554 g/mol. The van der Waals surface area contributed by atoms with E-state index in [9.17, 15) is 9.90 Å². The summed E-state index contributed by atoms with van der Waals surface area (Å²) in [4.78, 5) is 16.4. The van der Waals surface area contributed by atoms with Crippen LogP contribution >= 0.6 is 34.0 Å². The maximum absolute atomic E-state index is 13.5. The smallest absolute Gasteiger partial charge is 0.263 e. The van der Waals surface area contributed by atoms with Gasteiger partial charge in [-0.2, -0.15) is 0 Å². The Kier molecular flexibility index (Phi) is 7.59. The van der Waals surface area contributed by atoms with Crippen molar-refractivity contribution in [3.8, 4) is 0 Å². The normalized spacial score (nSPS) is 24.8. The Bertz CT molecular complexity index is 947. The number of nitrogens with zero attached hydrogens (tertiary/aromatic N) is 1. The minimum Gasteiger partial charge on any atom is -1.00 e. The highest BCUT2D eigenvalue weighted by molar-refractivity contribution is 7.12. The Labute approximate surface area is 212 Å². The van der Waals surface area contributed by atoms with Gasteiger partial charge in [0.2, 0.25) is 5.60 Å². The first kappa shape index (κ1) is 24.1. The van der Waals surface area contributed by atoms with Crippen LogP contribution < -0.4 is 22.3 Å². The Morgan fingerprint density at radius 3 is 2.22 bits per heavy atom. The van der Waals surface area contributed by atoms with Crippen LogP contribution in [0.4, 0.5) is 0 Å². The van der Waals surface area contributed by atoms with Crippen molar-refractivity contribution in [1.29, 1.82) is 0 Å². The predicted molar refractivity (Wildman–Crippen MR) is 129 cm³/mol. The van der Waals surface area contributed by atoms with Crippen LogP contribution in [0, 0.1) is 5.92 Å². The lowest BCUT2D eigenvalue weighted by atomic mass is 9.81. The summed E-state index contributed by atoms with van der Waals surface area (Å²) >= 11 is 4.72. The van der Waals surface area contributed by atoms with Gasteiger partial charge in [-0.3, -0.25) is 4.79 Å². The van der Waals surface area contributed by atoms with Gasteiger partial charge in [0.25, 0.3) is 5.91 Å². The van der Waals surface area contributed by atoms with Crippen molar-refractivity contribution in [2.45, 2.75) is 37.3 Å². The molecule has 6 heterocycles. The zero-order valence-electron chi connectivity index (χ0n) is 17.9. The van der Waals surface area contributed by atoms with Gasteiger partial charge in [-0.05, 0) is 46.7 Å². The van der Waals surface area contributed by atoms with Crippen LogP contribution in [-0.4, -0.2) is 47.7 Å². The molecular weight excluding hydrogens is 524 g/mol. The summed E-state index contributed by atoms with van der Waals surface area (Å²) in [6, 6.07) is 12.0. The quantitative estimate of drug-likeness (QED) is 0.416. The number of fused-ring (bicyclic) bond motifs is 3. The molecule has 172 valence electrons. The number of piperidine rings is 3. The molecule has 8 heteroatoms. The van der Waals surface area contributed by atoms with Gasteiger partial charge in [-0.15, -0.1) is 34.0 Å². The van der Waals surface area contributed by atoms with Gasteiger partial charge in [-0.25, -0.2) is 0 Å². The van der Waals surface area contributed by atoms with Gasteiger partial charge in [0.05, 0.1) is 42.0 Å². The van der Waals surface area contributed by atoms with E-state index < -0.39 is 5.60 Å². The number of hydrogen-bond donors (Lipinski definition) is 2. The molecule has 32 heavy (non-hydrogen) atoms. The van der Waals surface area contributed by atoms with E-state index in [2.05, 4.69) is 22.8 Å². The lowest BCUT2D eigenvalue weighted by Gasteiger charge is -2.53. The first-order chi connectivity index (χ1) is 15.1. The summed E-state index contributed by atoms with van der Waals surface area (Å²) in [5.41, 5.74) is -1.60. The summed E-state index contributed by atoms with van der Waals surface area (Å²) in [5.74, 6) is 0.255. The van der Waals surface area contributed by atoms with Crippen LogP contribution in [0.25, 0.3) is 0 Å². The molecule has 0 aliphatic carbocycles. The highest BCUT2D eigenvalue weighted by Gasteiger charge is 2.49. The van der Waals surface area contributed by atoms with E-state index in [1.165, 1.54) is 66.4 Å². The molecule has 2 N–H and O–H groups in total. The number of carbonyl (C=O) groups is 1. The van der Waals surface area contributed by atoms with E-state index in [4.69, 9.17) is 0 Å². The Morgan fingerprint density at radius 2 is 1.66 bits per heavy atom. The molecule has 3 aromatic rings. The lowest BCUT2D eigenvalue weighted by Crippen LogP contribution is -3.00. The Hall–Kier alpha value is -1.03. The predicted octanol–water partition coefficient (Wildman–Crippen LogP) is 1.47. The highest BCUT2D eigenvalue weighted by atomic mass is 79.9. The van der Waals surface area contributed by atoms with Crippen LogP contribution in [0.5, 0.6) is 0 Å². The van der Waals surface area contributed by atoms with Crippen molar-refractivity contribution in [1.82, 2.24) is 5.32 Å². The summed E-state index contributed by atoms with van der Waals surface area (Å²) in [5, 5.41) is 20.9. The molecule has 1 amide bonds. The molecule has 0 saturated carbocycles. The fourth-order valence-electron chi connectivity index (χ4n) is 5.40. The lowest BCUT2D eigenvalue weighted by molar-refractivity contribution is -0.944. The third-order valence-corrected chi connectivity index (χ3v) is 10.0. The number of thiophene rings is 3. The van der Waals surface area contributed by atoms with E-state index in [1.807, 2.05) is 46.4 Å². The Morgan fingerprint density at radius 1 is 1.03 bits per heavy atom. The number of quaternary nitrogens is 1. The van der Waals surface area contributed by atoms with Crippen LogP contribution in [0.2, 0.25) is 0 Å². The van der Waals surface area contributed by atoms with Crippen molar-refractivity contribution >= 4 is 39.9 Å². The van der Waals surface area contributed by atoms with Crippen molar-refractivity contribution in [2.75, 3.05) is 26.2 Å². The number of hydrogen-bond acceptors (Lipinski definition) is 5. The summed E-state index contributed by atoms with van der Waals surface area (Å²) < 4.78 is 1.11. The van der Waals surface area contributed by atoms with Gasteiger partial charge in [0.1, 0.15) is 0 Å². The molecule has 4 nitrogen and oxygen atoms in total. The van der Waals surface area contributed by atoms with Crippen LogP contribution in [0.3, 0.4) is 0 Å². The first-order valence-corrected chi connectivity index (χ1v) is 13.7. The fraction of sp³-hybridized carbons (Fsp3) is 0.458. The summed E-state index contributed by atoms with van der Waals surface area (Å²) in [6.45, 7) is 4.62. The van der Waals surface area contributed by atoms with Crippen molar-refractivity contribution in [3.63, 3.8) is 0 Å². The molecule has 0 radical (unpaired) electrons. The number of amides is 1. The second-order valence-electron chi connectivity index (χ2n) is 8.96. The number of nitrogens with one attached hydrogen (secondary N) is 1. The number of carbonyl (C=O) groups excluding carboxylic acids is 1. The molecule has 3 aliphatic rings. The molecule has 0 spiro atoms. The van der Waals surface area contributed by atoms with Crippen molar-refractivity contribution in [3.05, 3.63) is 67.2 Å². The number of rotatable bonds is 8. The molecule has 3 fully saturated rings. The molecule has 2 bridgehead atoms. The standard InChI is InChI=1S/C24H28N2O2S3.BrH/c27-23(24(28,21-7-3-15-30-21)22-8-4-16-31-22)25-20-17-26(12-9-18(20)10-13-26)11-1-5-19-6-2-14-29-19;/h2-4,6-8,14-16,18,20,28H,1,5,9-13,17H2;1H/t18?,20-,26?;/m0./s1. The maximum Gasteiger partial charge on any atom is 0.263 e. The van der Waals surface area contributed by atoms with Gasteiger partial charge in [-0.1, -0.05) is 18.2 Å². The molecular formula is C24H29BrN2O2S3. The van der Waals surface area contributed by atoms with E-state index in [0.29, 0.717) is 15.7 Å². The zero-order chi connectivity index (χ0) is 21.3. The molecule has 3 saturated heterocycles. The molecule has 0 aromatic carbocycles. The van der Waals surface area contributed by atoms with Gasteiger partial charge in [0.15, 0.2) is 0 Å². The second kappa shape index (κ2) is 10.1. The zero-order valence-corrected chi connectivity index (χ0v) is 21.9. The topological polar surface area (TPSA) is 49.3 Å². The average Bonchev–Trinajstić information content (AvgIpc) is 3.58. The van der Waals surface area contributed by atoms with E-state index in [-0.39, 0.29) is 28.9 Å². The summed E-state index contributed by atoms with van der Waals surface area (Å²) in [6.07, 6.45) is 4.68. The van der Waals surface area contributed by atoms with Gasteiger partial charge in [0, 0.05) is 24.1 Å². The second-order valence-corrected chi connectivity index (χ2v) is 11.9. The molecule has 6 rings (SSSR count). The van der Waals surface area contributed by atoms with E-state index in [1.54, 1.807) is 0 Å². The molecule has 0 unspecified atom stereocenters. The van der Waals surface area contributed by atoms with Crippen LogP contribution in [0.15, 0.2) is 52.5 Å². The van der Waals surface area contributed by atoms with Crippen molar-refractivity contribution in [2.24, 2.45) is 5.92 Å². The van der Waals surface area contributed by atoms with Crippen LogP contribution in [0.1, 0.15) is 33.9 Å². The van der Waals surface area contributed by atoms with Crippen molar-refractivity contribution < 1.29 is 31.4 Å². The highest BCUT2D eigenvalue weighted by Crippen LogP contribution is 2.38. The minimum absolute atomic E-state index is 0. The molecule has 3 aromatic heterocycles. The SMILES string of the molecule is O=C(N[C@H]1C[N+]2(CCCc3cccs3)CCC1CC2)C(O)(c1cccs1)c1cccs1.[Br-]. The van der Waals surface area contributed by atoms with Gasteiger partial charge >= 0.3 is 0 Å². The molecule has 1 atom stereocenters. The summed E-state index contributed by atoms with van der Waals surface area (Å²) in [7, 11) is 0.